The third-order valence-electron chi connectivity index (χ3n) is 12.5. The number of phosphoric ester groups is 1. The molecule has 0 saturated heterocycles. The molecule has 0 radical (unpaired) electrons. The maximum absolute atomic E-state index is 12.9. The highest BCUT2D eigenvalue weighted by atomic mass is 31.2. The molecule has 0 spiro atoms. The van der Waals surface area contributed by atoms with Gasteiger partial charge in [0.1, 0.15) is 13.2 Å². The topological polar surface area (TPSA) is 108 Å². The lowest BCUT2D eigenvalue weighted by Crippen LogP contribution is -2.46. The number of phosphoric acid groups is 1. The lowest BCUT2D eigenvalue weighted by molar-refractivity contribution is -0.870. The molecular formula is C63H111N2O6P. The molecule has 0 saturated carbocycles. The van der Waals surface area contributed by atoms with Gasteiger partial charge in [-0.05, 0) is 83.5 Å². The molecule has 0 aliphatic rings. The van der Waals surface area contributed by atoms with Crippen LogP contribution in [-0.4, -0.2) is 68.5 Å². The van der Waals surface area contributed by atoms with E-state index in [2.05, 4.69) is 129 Å². The number of carbonyl (C=O) groups excluding carboxylic acids is 1. The number of unbranched alkanes of at least 4 members (excludes halogenated alkanes) is 21. The first-order chi connectivity index (χ1) is 35.0. The Kier molecular flexibility index (Phi) is 50.9. The average Bonchev–Trinajstić information content (AvgIpc) is 3.34. The number of likely N-dealkylation sites (N-methyl/N-ethyl adjacent to an activating group) is 1. The number of hydrogen-bond acceptors (Lipinski definition) is 6. The quantitative estimate of drug-likeness (QED) is 0.0272. The second-order valence-electron chi connectivity index (χ2n) is 20.6. The average molecular weight is 1020 g/mol. The summed E-state index contributed by atoms with van der Waals surface area (Å²) in [5.74, 6) is -0.172. The van der Waals surface area contributed by atoms with Gasteiger partial charge >= 0.3 is 0 Å². The first-order valence-corrected chi connectivity index (χ1v) is 30.7. The number of rotatable bonds is 52. The summed E-state index contributed by atoms with van der Waals surface area (Å²) in [6, 6.07) is -0.804. The molecule has 0 heterocycles. The highest BCUT2D eigenvalue weighted by molar-refractivity contribution is 7.45. The van der Waals surface area contributed by atoms with E-state index in [1.54, 1.807) is 0 Å². The summed E-state index contributed by atoms with van der Waals surface area (Å²) in [4.78, 5) is 25.4. The van der Waals surface area contributed by atoms with Crippen LogP contribution in [-0.2, 0) is 18.4 Å². The number of carbonyl (C=O) groups is 1. The fraction of sp³-hybridized carbons (Fsp3) is 0.698. The van der Waals surface area contributed by atoms with Crippen molar-refractivity contribution in [3.05, 3.63) is 109 Å². The van der Waals surface area contributed by atoms with Gasteiger partial charge in [0.05, 0.1) is 39.9 Å². The number of hydrogen-bond donors (Lipinski definition) is 2. The van der Waals surface area contributed by atoms with Crippen LogP contribution in [0, 0.1) is 0 Å². The lowest BCUT2D eigenvalue weighted by Gasteiger charge is -2.30. The van der Waals surface area contributed by atoms with Crippen LogP contribution in [0.15, 0.2) is 109 Å². The van der Waals surface area contributed by atoms with Crippen LogP contribution < -0.4 is 10.2 Å². The SMILES string of the molecule is CC/C=C\C/C=C\C/C=C\C/C=C\C/C=C\C/C=C\C/C=C\C/C=C\C/C=C\CCCCCCCCCCCCCCCC(=O)NC(COP(=O)([O-])OCC[N+](C)(C)C)C(O)CCCCCCCCCCC. The Morgan fingerprint density at radius 1 is 0.500 bits per heavy atom. The van der Waals surface area contributed by atoms with Crippen molar-refractivity contribution in [3.8, 4) is 0 Å². The summed E-state index contributed by atoms with van der Waals surface area (Å²) in [6.45, 7) is 4.57. The normalized spacial score (nSPS) is 14.7. The zero-order valence-corrected chi connectivity index (χ0v) is 48.0. The van der Waals surface area contributed by atoms with Gasteiger partial charge in [0.2, 0.25) is 5.91 Å². The highest BCUT2D eigenvalue weighted by Crippen LogP contribution is 2.38. The van der Waals surface area contributed by atoms with Gasteiger partial charge in [-0.2, -0.15) is 0 Å². The summed E-state index contributed by atoms with van der Waals surface area (Å²) in [7, 11) is 1.29. The molecular weight excluding hydrogens is 912 g/mol. The van der Waals surface area contributed by atoms with Crippen LogP contribution in [0.4, 0.5) is 0 Å². The van der Waals surface area contributed by atoms with Crippen molar-refractivity contribution in [2.75, 3.05) is 40.9 Å². The fourth-order valence-corrected chi connectivity index (χ4v) is 8.70. The molecule has 0 aromatic rings. The van der Waals surface area contributed by atoms with Crippen LogP contribution in [0.3, 0.4) is 0 Å². The van der Waals surface area contributed by atoms with E-state index in [-0.39, 0.29) is 19.1 Å². The number of allylic oxidation sites excluding steroid dienone is 18. The van der Waals surface area contributed by atoms with Crippen molar-refractivity contribution in [1.82, 2.24) is 5.32 Å². The summed E-state index contributed by atoms with van der Waals surface area (Å²) >= 11 is 0. The van der Waals surface area contributed by atoms with Gasteiger partial charge < -0.3 is 28.8 Å². The molecule has 8 nitrogen and oxygen atoms in total. The molecule has 0 aliphatic heterocycles. The van der Waals surface area contributed by atoms with Crippen molar-refractivity contribution in [1.29, 1.82) is 0 Å². The van der Waals surface area contributed by atoms with E-state index in [1.807, 2.05) is 21.1 Å². The molecule has 414 valence electrons. The van der Waals surface area contributed by atoms with E-state index in [0.29, 0.717) is 23.9 Å². The standard InChI is InChI=1S/C63H111N2O6P/c1-6-8-10-12-14-16-17-18-19-20-21-22-23-24-25-26-27-28-29-30-31-32-33-34-35-36-37-38-39-40-41-42-43-44-45-46-47-49-51-53-55-57-63(67)64-61(60-71-72(68,69)70-59-58-65(3,4)5)62(66)56-54-52-50-48-15-13-11-9-7-2/h8,10,14,16,18-19,21-22,24-25,27-28,30-31,33-34,36-37,61-62,66H,6-7,9,11-13,15,17,20,23,26,29,32,35,38-60H2,1-5H3,(H-,64,67,68,69)/b10-8-,16-14-,19-18-,22-21-,25-24-,28-27-,31-30-,34-33-,37-36-. The van der Waals surface area contributed by atoms with Gasteiger partial charge in [0, 0.05) is 6.42 Å². The van der Waals surface area contributed by atoms with Crippen LogP contribution >= 0.6 is 7.82 Å². The number of nitrogens with one attached hydrogen (secondary N) is 1. The van der Waals surface area contributed by atoms with Crippen molar-refractivity contribution >= 4 is 13.7 Å². The Morgan fingerprint density at radius 2 is 0.847 bits per heavy atom. The van der Waals surface area contributed by atoms with Crippen LogP contribution in [0.5, 0.6) is 0 Å². The predicted octanol–water partition coefficient (Wildman–Crippen LogP) is 17.3. The molecule has 9 heteroatoms. The molecule has 0 aromatic carbocycles. The van der Waals surface area contributed by atoms with E-state index in [4.69, 9.17) is 9.05 Å². The Morgan fingerprint density at radius 3 is 1.24 bits per heavy atom. The molecule has 0 aliphatic carbocycles. The third kappa shape index (κ3) is 54.9. The fourth-order valence-electron chi connectivity index (χ4n) is 7.97. The Labute approximate surface area is 444 Å². The monoisotopic (exact) mass is 1020 g/mol. The molecule has 0 bridgehead atoms. The zero-order chi connectivity index (χ0) is 52.7. The van der Waals surface area contributed by atoms with Gasteiger partial charge in [-0.3, -0.25) is 9.36 Å². The van der Waals surface area contributed by atoms with Crippen molar-refractivity contribution in [2.24, 2.45) is 0 Å². The van der Waals surface area contributed by atoms with Gasteiger partial charge in [-0.15, -0.1) is 0 Å². The van der Waals surface area contributed by atoms with E-state index in [0.717, 1.165) is 96.3 Å². The lowest BCUT2D eigenvalue weighted by atomic mass is 10.0. The minimum Gasteiger partial charge on any atom is -0.756 e. The molecule has 72 heavy (non-hydrogen) atoms. The maximum atomic E-state index is 12.9. The maximum Gasteiger partial charge on any atom is 0.268 e. The molecule has 1 amide bonds. The van der Waals surface area contributed by atoms with Crippen LogP contribution in [0.2, 0.25) is 0 Å². The minimum absolute atomic E-state index is 0.00817. The Hall–Kier alpha value is -2.84. The van der Waals surface area contributed by atoms with Crippen molar-refractivity contribution < 1.29 is 32.9 Å². The predicted molar refractivity (Wildman–Crippen MR) is 311 cm³/mol. The van der Waals surface area contributed by atoms with E-state index in [9.17, 15) is 19.4 Å². The van der Waals surface area contributed by atoms with Gasteiger partial charge in [-0.25, -0.2) is 0 Å². The summed E-state index contributed by atoms with van der Waals surface area (Å²) in [6.07, 6.45) is 77.2. The molecule has 2 N–H and O–H groups in total. The van der Waals surface area contributed by atoms with Crippen LogP contribution in [0.1, 0.15) is 232 Å². The van der Waals surface area contributed by atoms with Gasteiger partial charge in [0.25, 0.3) is 7.82 Å². The van der Waals surface area contributed by atoms with E-state index in [1.165, 1.54) is 109 Å². The summed E-state index contributed by atoms with van der Waals surface area (Å²) < 4.78 is 23.3. The molecule has 3 atom stereocenters. The van der Waals surface area contributed by atoms with E-state index >= 15 is 0 Å². The second kappa shape index (κ2) is 53.0. The first-order valence-electron chi connectivity index (χ1n) is 29.2. The van der Waals surface area contributed by atoms with Crippen molar-refractivity contribution in [2.45, 2.75) is 244 Å². The number of quaternary nitrogens is 1. The smallest absolute Gasteiger partial charge is 0.268 e. The number of nitrogens with zero attached hydrogens (tertiary/aromatic N) is 1. The number of aliphatic hydroxyl groups excluding tert-OH is 1. The van der Waals surface area contributed by atoms with Crippen molar-refractivity contribution in [3.63, 3.8) is 0 Å². The second-order valence-corrected chi connectivity index (χ2v) is 22.0. The summed E-state index contributed by atoms with van der Waals surface area (Å²) in [5.41, 5.74) is 0. The van der Waals surface area contributed by atoms with E-state index < -0.39 is 20.0 Å². The molecule has 0 aromatic heterocycles. The number of aliphatic hydroxyl groups is 1. The highest BCUT2D eigenvalue weighted by Gasteiger charge is 2.24. The Bertz CT molecular complexity index is 1540. The first kappa shape index (κ1) is 69.2. The summed E-state index contributed by atoms with van der Waals surface area (Å²) in [5, 5.41) is 13.9. The van der Waals surface area contributed by atoms with Crippen LogP contribution in [0.25, 0.3) is 0 Å². The largest absolute Gasteiger partial charge is 0.756 e. The molecule has 0 rings (SSSR count). The molecule has 3 unspecified atom stereocenters. The zero-order valence-electron chi connectivity index (χ0n) is 47.1. The van der Waals surface area contributed by atoms with Gasteiger partial charge in [0.15, 0.2) is 0 Å². The van der Waals surface area contributed by atoms with Gasteiger partial charge in [-0.1, -0.05) is 252 Å². The minimum atomic E-state index is -4.57. The Balaban J connectivity index is 3.94. The number of amides is 1. The molecule has 0 fully saturated rings. The third-order valence-corrected chi connectivity index (χ3v) is 13.5.